The summed E-state index contributed by atoms with van der Waals surface area (Å²) in [6.07, 6.45) is 2.55. The van der Waals surface area contributed by atoms with Gasteiger partial charge in [-0.25, -0.2) is 4.79 Å². The first kappa shape index (κ1) is 16.5. The van der Waals surface area contributed by atoms with Crippen LogP contribution in [0.2, 0.25) is 0 Å². The first-order chi connectivity index (χ1) is 11.2. The summed E-state index contributed by atoms with van der Waals surface area (Å²) in [5, 5.41) is 5.89. The lowest BCUT2D eigenvalue weighted by molar-refractivity contribution is 0.0602. The lowest BCUT2D eigenvalue weighted by Crippen LogP contribution is -2.17. The molecular formula is C17H19N3O3. The molecule has 0 unspecified atom stereocenters. The van der Waals surface area contributed by atoms with E-state index in [2.05, 4.69) is 22.5 Å². The topological polar surface area (TPSA) is 80.3 Å². The number of aromatic nitrogens is 1. The van der Waals surface area contributed by atoms with Crippen LogP contribution in [0, 0.1) is 0 Å². The van der Waals surface area contributed by atoms with Crippen molar-refractivity contribution in [3.63, 3.8) is 0 Å². The monoisotopic (exact) mass is 313 g/mol. The van der Waals surface area contributed by atoms with E-state index in [0.29, 0.717) is 11.3 Å². The zero-order chi connectivity index (χ0) is 16.7. The van der Waals surface area contributed by atoms with Gasteiger partial charge in [-0.05, 0) is 30.7 Å². The fourth-order valence-electron chi connectivity index (χ4n) is 2.00. The van der Waals surface area contributed by atoms with Crippen LogP contribution in [0.5, 0.6) is 0 Å². The lowest BCUT2D eigenvalue weighted by atomic mass is 10.1. The maximum atomic E-state index is 12.3. The maximum absolute atomic E-state index is 12.3. The molecule has 2 aromatic rings. The number of benzene rings is 1. The normalized spacial score (nSPS) is 10.0. The number of nitrogens with one attached hydrogen (secondary N) is 2. The first-order valence-corrected chi connectivity index (χ1v) is 7.34. The van der Waals surface area contributed by atoms with E-state index in [-0.39, 0.29) is 11.6 Å². The van der Waals surface area contributed by atoms with Crippen molar-refractivity contribution in [1.29, 1.82) is 0 Å². The third kappa shape index (κ3) is 4.29. The van der Waals surface area contributed by atoms with E-state index in [4.69, 9.17) is 4.74 Å². The molecule has 120 valence electrons. The van der Waals surface area contributed by atoms with Crippen molar-refractivity contribution in [2.75, 3.05) is 24.3 Å². The quantitative estimate of drug-likeness (QED) is 0.801. The predicted molar refractivity (Wildman–Crippen MR) is 88.8 cm³/mol. The highest BCUT2D eigenvalue weighted by atomic mass is 16.5. The highest BCUT2D eigenvalue weighted by molar-refractivity contribution is 6.07. The molecule has 1 aromatic carbocycles. The second kappa shape index (κ2) is 7.93. The van der Waals surface area contributed by atoms with E-state index in [1.807, 2.05) is 0 Å². The molecule has 6 heteroatoms. The van der Waals surface area contributed by atoms with Gasteiger partial charge in [0.15, 0.2) is 0 Å². The first-order valence-electron chi connectivity index (χ1n) is 7.34. The smallest absolute Gasteiger partial charge is 0.339 e. The number of methoxy groups -OCH3 is 1. The molecule has 0 atom stereocenters. The Bertz CT molecular complexity index is 701. The summed E-state index contributed by atoms with van der Waals surface area (Å²) >= 11 is 0. The van der Waals surface area contributed by atoms with Gasteiger partial charge in [0.2, 0.25) is 0 Å². The minimum Gasteiger partial charge on any atom is -0.465 e. The van der Waals surface area contributed by atoms with E-state index < -0.39 is 5.97 Å². The number of carbonyl (C=O) groups excluding carboxylic acids is 2. The SMILES string of the molecule is CCCNc1ccnc(C(=O)Nc2ccccc2C(=O)OC)c1. The van der Waals surface area contributed by atoms with Crippen LogP contribution in [0.25, 0.3) is 0 Å². The third-order valence-corrected chi connectivity index (χ3v) is 3.15. The molecule has 1 heterocycles. The van der Waals surface area contributed by atoms with Crippen LogP contribution in [-0.2, 0) is 4.74 Å². The number of carbonyl (C=O) groups is 2. The molecule has 2 N–H and O–H groups in total. The second-order valence-electron chi connectivity index (χ2n) is 4.85. The van der Waals surface area contributed by atoms with Crippen LogP contribution < -0.4 is 10.6 Å². The van der Waals surface area contributed by atoms with E-state index in [0.717, 1.165) is 18.7 Å². The van der Waals surface area contributed by atoms with E-state index in [1.54, 1.807) is 42.6 Å². The predicted octanol–water partition coefficient (Wildman–Crippen LogP) is 2.94. The summed E-state index contributed by atoms with van der Waals surface area (Å²) in [6, 6.07) is 10.1. The number of hydrogen-bond donors (Lipinski definition) is 2. The molecule has 2 rings (SSSR count). The van der Waals surface area contributed by atoms with Crippen molar-refractivity contribution in [2.24, 2.45) is 0 Å². The molecule has 0 spiro atoms. The highest BCUT2D eigenvalue weighted by Crippen LogP contribution is 2.17. The number of rotatable bonds is 6. The standard InChI is InChI=1S/C17H19N3O3/c1-3-9-18-12-8-10-19-15(11-12)16(21)20-14-7-5-4-6-13(14)17(22)23-2/h4-8,10-11H,3,9H2,1-2H3,(H,18,19)(H,20,21). The minimum atomic E-state index is -0.507. The van der Waals surface area contributed by atoms with E-state index >= 15 is 0 Å². The summed E-state index contributed by atoms with van der Waals surface area (Å²) in [7, 11) is 1.30. The number of anilines is 2. The van der Waals surface area contributed by atoms with E-state index in [9.17, 15) is 9.59 Å². The molecule has 0 fully saturated rings. The maximum Gasteiger partial charge on any atom is 0.339 e. The van der Waals surface area contributed by atoms with Gasteiger partial charge in [-0.3, -0.25) is 9.78 Å². The number of amides is 1. The van der Waals surface area contributed by atoms with Crippen molar-refractivity contribution >= 4 is 23.3 Å². The Morgan fingerprint density at radius 3 is 2.74 bits per heavy atom. The average Bonchev–Trinajstić information content (AvgIpc) is 2.60. The van der Waals surface area contributed by atoms with Crippen molar-refractivity contribution in [1.82, 2.24) is 4.98 Å². The van der Waals surface area contributed by atoms with Crippen molar-refractivity contribution in [3.05, 3.63) is 53.9 Å². The third-order valence-electron chi connectivity index (χ3n) is 3.15. The van der Waals surface area contributed by atoms with Crippen molar-refractivity contribution in [2.45, 2.75) is 13.3 Å². The van der Waals surface area contributed by atoms with Gasteiger partial charge >= 0.3 is 5.97 Å². The van der Waals surface area contributed by atoms with Gasteiger partial charge in [0, 0.05) is 18.4 Å². The number of pyridine rings is 1. The minimum absolute atomic E-state index is 0.269. The summed E-state index contributed by atoms with van der Waals surface area (Å²) in [4.78, 5) is 28.1. The lowest BCUT2D eigenvalue weighted by Gasteiger charge is -2.10. The fourth-order valence-corrected chi connectivity index (χ4v) is 2.00. The second-order valence-corrected chi connectivity index (χ2v) is 4.85. The van der Waals surface area contributed by atoms with Crippen molar-refractivity contribution in [3.8, 4) is 0 Å². The number of esters is 1. The van der Waals surface area contributed by atoms with Gasteiger partial charge in [0.05, 0.1) is 18.4 Å². The van der Waals surface area contributed by atoms with Crippen LogP contribution in [-0.4, -0.2) is 30.5 Å². The van der Waals surface area contributed by atoms with E-state index in [1.165, 1.54) is 7.11 Å². The van der Waals surface area contributed by atoms with Gasteiger partial charge < -0.3 is 15.4 Å². The van der Waals surface area contributed by atoms with Gasteiger partial charge in [-0.15, -0.1) is 0 Å². The number of nitrogens with zero attached hydrogens (tertiary/aromatic N) is 1. The van der Waals surface area contributed by atoms with Crippen LogP contribution in [0.1, 0.15) is 34.2 Å². The van der Waals surface area contributed by atoms with Crippen LogP contribution in [0.15, 0.2) is 42.6 Å². The molecule has 1 amide bonds. The largest absolute Gasteiger partial charge is 0.465 e. The molecule has 1 aromatic heterocycles. The highest BCUT2D eigenvalue weighted by Gasteiger charge is 2.15. The summed E-state index contributed by atoms with van der Waals surface area (Å²) in [6.45, 7) is 2.88. The Morgan fingerprint density at radius 2 is 2.00 bits per heavy atom. The van der Waals surface area contributed by atoms with Crippen LogP contribution in [0.4, 0.5) is 11.4 Å². The summed E-state index contributed by atoms with van der Waals surface area (Å²) < 4.78 is 4.71. The Balaban J connectivity index is 2.18. The molecule has 6 nitrogen and oxygen atoms in total. The van der Waals surface area contributed by atoms with Gasteiger partial charge in [-0.2, -0.15) is 0 Å². The zero-order valence-electron chi connectivity index (χ0n) is 13.1. The number of hydrogen-bond acceptors (Lipinski definition) is 5. The fraction of sp³-hybridized carbons (Fsp3) is 0.235. The molecule has 0 aliphatic carbocycles. The van der Waals surface area contributed by atoms with Gasteiger partial charge in [-0.1, -0.05) is 19.1 Å². The van der Waals surface area contributed by atoms with Crippen molar-refractivity contribution < 1.29 is 14.3 Å². The number of para-hydroxylation sites is 1. The molecule has 0 radical (unpaired) electrons. The average molecular weight is 313 g/mol. The summed E-state index contributed by atoms with van der Waals surface area (Å²) in [5.41, 5.74) is 1.78. The Kier molecular flexibility index (Phi) is 5.68. The van der Waals surface area contributed by atoms with Gasteiger partial charge in [0.25, 0.3) is 5.91 Å². The Morgan fingerprint density at radius 1 is 1.22 bits per heavy atom. The molecule has 0 aliphatic heterocycles. The molecular weight excluding hydrogens is 294 g/mol. The summed E-state index contributed by atoms with van der Waals surface area (Å²) in [5.74, 6) is -0.895. The molecule has 23 heavy (non-hydrogen) atoms. The Hall–Kier alpha value is -2.89. The zero-order valence-corrected chi connectivity index (χ0v) is 13.1. The van der Waals surface area contributed by atoms with Gasteiger partial charge in [0.1, 0.15) is 5.69 Å². The van der Waals surface area contributed by atoms with Crippen LogP contribution >= 0.6 is 0 Å². The number of ether oxygens (including phenoxy) is 1. The Labute approximate surface area is 134 Å². The molecule has 0 saturated carbocycles. The molecule has 0 bridgehead atoms. The van der Waals surface area contributed by atoms with Crippen LogP contribution in [0.3, 0.4) is 0 Å². The molecule has 0 saturated heterocycles. The molecule has 0 aliphatic rings.